The predicted octanol–water partition coefficient (Wildman–Crippen LogP) is 6.33. The Morgan fingerprint density at radius 1 is 0.886 bits per heavy atom. The van der Waals surface area contributed by atoms with Gasteiger partial charge in [0.1, 0.15) is 0 Å². The van der Waals surface area contributed by atoms with E-state index in [2.05, 4.69) is 65.8 Å². The summed E-state index contributed by atoms with van der Waals surface area (Å²) in [5.41, 5.74) is 6.47. The third-order valence-corrected chi connectivity index (χ3v) is 9.14. The first-order chi connectivity index (χ1) is 21.0. The van der Waals surface area contributed by atoms with Gasteiger partial charge < -0.3 is 19.6 Å². The Labute approximate surface area is 265 Å². The van der Waals surface area contributed by atoms with Crippen molar-refractivity contribution in [1.82, 2.24) is 14.7 Å². The molecule has 3 aromatic rings. The molecule has 0 spiro atoms. The van der Waals surface area contributed by atoms with Gasteiger partial charge in [0, 0.05) is 75.7 Å². The lowest BCUT2D eigenvalue weighted by molar-refractivity contribution is 0.0150. The Hall–Kier alpha value is -3.59. The molecule has 1 amide bonds. The predicted molar refractivity (Wildman–Crippen MR) is 175 cm³/mol. The molecular weight excluding hydrogens is 576 g/mol. The van der Waals surface area contributed by atoms with E-state index < -0.39 is 6.09 Å². The Bertz CT molecular complexity index is 1450. The van der Waals surface area contributed by atoms with Crippen molar-refractivity contribution in [3.8, 4) is 11.1 Å². The molecule has 3 aromatic carbocycles. The van der Waals surface area contributed by atoms with Gasteiger partial charge in [-0.3, -0.25) is 9.80 Å². The van der Waals surface area contributed by atoms with Crippen LogP contribution in [0.4, 0.5) is 10.5 Å². The first kappa shape index (κ1) is 31.8. The fraction of sp³-hybridized carbons (Fsp3) is 0.429. The van der Waals surface area contributed by atoms with Gasteiger partial charge in [0.15, 0.2) is 0 Å². The van der Waals surface area contributed by atoms with Gasteiger partial charge in [-0.25, -0.2) is 9.59 Å². The topological polar surface area (TPSA) is 76.6 Å². The third-order valence-electron chi connectivity index (χ3n) is 8.89. The van der Waals surface area contributed by atoms with Crippen LogP contribution in [0, 0.1) is 5.41 Å². The van der Waals surface area contributed by atoms with Gasteiger partial charge in [-0.05, 0) is 64.1 Å². The molecule has 0 aromatic heterocycles. The number of benzene rings is 3. The number of carboxylic acid groups (broad SMARTS) is 1. The molecule has 0 saturated carbocycles. The Morgan fingerprint density at radius 2 is 1.57 bits per heavy atom. The van der Waals surface area contributed by atoms with Crippen molar-refractivity contribution < 1.29 is 19.4 Å². The number of ether oxygens (including phenoxy) is 1. The zero-order chi connectivity index (χ0) is 31.4. The molecule has 8 nitrogen and oxygen atoms in total. The number of rotatable bonds is 7. The highest BCUT2D eigenvalue weighted by atomic mass is 35.5. The first-order valence-corrected chi connectivity index (χ1v) is 15.6. The lowest BCUT2D eigenvalue weighted by atomic mass is 9.84. The maximum atomic E-state index is 11.8. The van der Waals surface area contributed by atoms with E-state index >= 15 is 0 Å². The molecule has 2 heterocycles. The third kappa shape index (κ3) is 7.54. The van der Waals surface area contributed by atoms with Gasteiger partial charge >= 0.3 is 12.1 Å². The molecule has 234 valence electrons. The Kier molecular flexibility index (Phi) is 9.83. The molecule has 2 aliphatic heterocycles. The number of carbonyl (C=O) groups is 2. The number of hydrogen-bond donors (Lipinski definition) is 1. The van der Waals surface area contributed by atoms with Gasteiger partial charge in [-0.1, -0.05) is 62.7 Å². The highest BCUT2D eigenvalue weighted by molar-refractivity contribution is 6.30. The molecule has 1 atom stereocenters. The summed E-state index contributed by atoms with van der Waals surface area (Å²) in [6.45, 7) is 13.6. The number of methoxy groups -OCH3 is 1. The zero-order valence-electron chi connectivity index (χ0n) is 26.1. The van der Waals surface area contributed by atoms with Gasteiger partial charge in [0.25, 0.3) is 0 Å². The number of carbonyl (C=O) groups excluding carboxylic acids is 1. The number of anilines is 1. The summed E-state index contributed by atoms with van der Waals surface area (Å²) < 4.78 is 4.83. The van der Waals surface area contributed by atoms with E-state index in [1.54, 1.807) is 4.90 Å². The van der Waals surface area contributed by atoms with Crippen molar-refractivity contribution in [3.63, 3.8) is 0 Å². The summed E-state index contributed by atoms with van der Waals surface area (Å²) >= 11 is 6.22. The molecule has 2 saturated heterocycles. The molecule has 0 aliphatic carbocycles. The van der Waals surface area contributed by atoms with Gasteiger partial charge in [-0.15, -0.1) is 0 Å². The summed E-state index contributed by atoms with van der Waals surface area (Å²) in [4.78, 5) is 32.4. The van der Waals surface area contributed by atoms with Crippen LogP contribution < -0.4 is 4.90 Å². The number of amides is 1. The average molecular weight is 619 g/mol. The Balaban J connectivity index is 1.33. The smallest absolute Gasteiger partial charge is 0.407 e. The van der Waals surface area contributed by atoms with E-state index in [1.165, 1.54) is 23.8 Å². The maximum Gasteiger partial charge on any atom is 0.407 e. The summed E-state index contributed by atoms with van der Waals surface area (Å²) in [5.74, 6) is -0.323. The van der Waals surface area contributed by atoms with Crippen LogP contribution >= 0.6 is 11.6 Å². The molecule has 44 heavy (non-hydrogen) atoms. The quantitative estimate of drug-likeness (QED) is 0.310. The molecule has 1 unspecified atom stereocenters. The SMILES string of the molecule is COC(=O)c1ccc(N2CCN(Cc3cc(CN4CCN(C(=O)O)CC4C(C)(C)C)ccc3-c3ccc(Cl)cc3)CC2)cc1. The molecule has 1 N–H and O–H groups in total. The molecule has 5 rings (SSSR count). The molecule has 0 radical (unpaired) electrons. The summed E-state index contributed by atoms with van der Waals surface area (Å²) in [5, 5.41) is 10.4. The van der Waals surface area contributed by atoms with Crippen LogP contribution in [0.25, 0.3) is 11.1 Å². The van der Waals surface area contributed by atoms with E-state index in [1.807, 2.05) is 36.4 Å². The van der Waals surface area contributed by atoms with Gasteiger partial charge in [-0.2, -0.15) is 0 Å². The van der Waals surface area contributed by atoms with Crippen LogP contribution in [0.3, 0.4) is 0 Å². The van der Waals surface area contributed by atoms with Crippen molar-refractivity contribution in [2.45, 2.75) is 39.9 Å². The van der Waals surface area contributed by atoms with Crippen LogP contribution in [-0.2, 0) is 17.8 Å². The van der Waals surface area contributed by atoms with Crippen molar-refractivity contribution in [1.29, 1.82) is 0 Å². The number of hydrogen-bond acceptors (Lipinski definition) is 6. The maximum absolute atomic E-state index is 11.8. The van der Waals surface area contributed by atoms with Crippen molar-refractivity contribution in [2.75, 3.05) is 57.8 Å². The fourth-order valence-corrected chi connectivity index (χ4v) is 6.48. The van der Waals surface area contributed by atoms with Gasteiger partial charge in [0.05, 0.1) is 12.7 Å². The van der Waals surface area contributed by atoms with E-state index in [9.17, 15) is 14.7 Å². The molecule has 9 heteroatoms. The number of halogens is 1. The van der Waals surface area contributed by atoms with Crippen LogP contribution in [-0.4, -0.2) is 90.8 Å². The second-order valence-corrected chi connectivity index (χ2v) is 13.3. The average Bonchev–Trinajstić information content (AvgIpc) is 3.01. The zero-order valence-corrected chi connectivity index (χ0v) is 26.9. The molecule has 2 aliphatic rings. The second-order valence-electron chi connectivity index (χ2n) is 12.9. The molecule has 0 bridgehead atoms. The monoisotopic (exact) mass is 618 g/mol. The minimum atomic E-state index is -0.841. The van der Waals surface area contributed by atoms with E-state index in [-0.39, 0.29) is 17.4 Å². The lowest BCUT2D eigenvalue weighted by Gasteiger charge is -2.46. The van der Waals surface area contributed by atoms with Crippen molar-refractivity contribution in [2.24, 2.45) is 5.41 Å². The number of nitrogens with zero attached hydrogens (tertiary/aromatic N) is 4. The summed E-state index contributed by atoms with van der Waals surface area (Å²) in [7, 11) is 1.40. The van der Waals surface area contributed by atoms with Crippen LogP contribution in [0.5, 0.6) is 0 Å². The van der Waals surface area contributed by atoms with Crippen LogP contribution in [0.1, 0.15) is 42.3 Å². The minimum absolute atomic E-state index is 0.0560. The fourth-order valence-electron chi connectivity index (χ4n) is 6.36. The summed E-state index contributed by atoms with van der Waals surface area (Å²) in [6, 6.07) is 22.6. The highest BCUT2D eigenvalue weighted by Gasteiger charge is 2.37. The summed E-state index contributed by atoms with van der Waals surface area (Å²) in [6.07, 6.45) is -0.841. The van der Waals surface area contributed by atoms with Crippen molar-refractivity contribution in [3.05, 3.63) is 88.4 Å². The standard InChI is InChI=1S/C35H43ClN4O4/c1-35(2,3)32-24-40(34(42)43)20-19-39(32)22-25-5-14-31(26-6-10-29(36)11-7-26)28(21-25)23-37-15-17-38(18-16-37)30-12-8-27(9-13-30)33(41)44-4/h5-14,21,32H,15-20,22-24H2,1-4H3,(H,42,43). The minimum Gasteiger partial charge on any atom is -0.465 e. The molecule has 2 fully saturated rings. The van der Waals surface area contributed by atoms with Crippen LogP contribution in [0.15, 0.2) is 66.7 Å². The van der Waals surface area contributed by atoms with E-state index in [0.717, 1.165) is 55.5 Å². The largest absolute Gasteiger partial charge is 0.465 e. The lowest BCUT2D eigenvalue weighted by Crippen LogP contribution is -2.58. The Morgan fingerprint density at radius 3 is 2.18 bits per heavy atom. The number of esters is 1. The number of piperazine rings is 2. The first-order valence-electron chi connectivity index (χ1n) is 15.3. The van der Waals surface area contributed by atoms with E-state index in [4.69, 9.17) is 16.3 Å². The van der Waals surface area contributed by atoms with Crippen LogP contribution in [0.2, 0.25) is 5.02 Å². The van der Waals surface area contributed by atoms with Gasteiger partial charge in [0.2, 0.25) is 0 Å². The second kappa shape index (κ2) is 13.6. The highest BCUT2D eigenvalue weighted by Crippen LogP contribution is 2.32. The van der Waals surface area contributed by atoms with E-state index in [0.29, 0.717) is 25.2 Å². The molecular formula is C35H43ClN4O4. The van der Waals surface area contributed by atoms with Crippen molar-refractivity contribution >= 4 is 29.4 Å². The normalized spacial score (nSPS) is 18.3.